The van der Waals surface area contributed by atoms with Crippen LogP contribution in [0.5, 0.6) is 0 Å². The summed E-state index contributed by atoms with van der Waals surface area (Å²) in [6, 6.07) is 2.33. The van der Waals surface area contributed by atoms with E-state index in [0.29, 0.717) is 19.6 Å². The van der Waals surface area contributed by atoms with Crippen molar-refractivity contribution in [2.45, 2.75) is 25.8 Å². The molecule has 2 amide bonds. The highest BCUT2D eigenvalue weighted by Crippen LogP contribution is 2.22. The van der Waals surface area contributed by atoms with Gasteiger partial charge in [-0.25, -0.2) is 8.78 Å². The van der Waals surface area contributed by atoms with E-state index in [1.165, 1.54) is 13.0 Å². The van der Waals surface area contributed by atoms with E-state index < -0.39 is 17.7 Å². The maximum absolute atomic E-state index is 14.0. The fourth-order valence-corrected chi connectivity index (χ4v) is 2.67. The first kappa shape index (κ1) is 17.3. The zero-order valence-corrected chi connectivity index (χ0v) is 13.1. The van der Waals surface area contributed by atoms with Crippen LogP contribution in [-0.4, -0.2) is 42.9 Å². The standard InChI is InChI=1S/C16H21F2N3O2/c1-11(22)20-15(13-4-3-12(17)9-14(13)18)10-16(23)21-7-2-5-19-6-8-21/h3-4,9,15,19H,2,5-8,10H2,1H3,(H,20,22). The zero-order valence-electron chi connectivity index (χ0n) is 13.1. The molecule has 1 aromatic rings. The molecule has 1 saturated heterocycles. The van der Waals surface area contributed by atoms with Gasteiger partial charge >= 0.3 is 0 Å². The number of carbonyl (C=O) groups is 2. The quantitative estimate of drug-likeness (QED) is 0.878. The van der Waals surface area contributed by atoms with Gasteiger partial charge in [0.2, 0.25) is 11.8 Å². The molecule has 7 heteroatoms. The van der Waals surface area contributed by atoms with E-state index in [1.54, 1.807) is 4.90 Å². The van der Waals surface area contributed by atoms with Gasteiger partial charge in [-0.2, -0.15) is 0 Å². The molecule has 1 unspecified atom stereocenters. The topological polar surface area (TPSA) is 61.4 Å². The molecule has 0 aliphatic carbocycles. The minimum atomic E-state index is -0.809. The summed E-state index contributed by atoms with van der Waals surface area (Å²) in [5.74, 6) is -1.99. The number of amides is 2. The number of nitrogens with zero attached hydrogens (tertiary/aromatic N) is 1. The number of hydrogen-bond acceptors (Lipinski definition) is 3. The Morgan fingerprint density at radius 3 is 2.78 bits per heavy atom. The van der Waals surface area contributed by atoms with Crippen molar-refractivity contribution in [3.63, 3.8) is 0 Å². The van der Waals surface area contributed by atoms with Crippen LogP contribution in [0.2, 0.25) is 0 Å². The molecular weight excluding hydrogens is 304 g/mol. The average Bonchev–Trinajstić information content (AvgIpc) is 2.75. The van der Waals surface area contributed by atoms with E-state index in [4.69, 9.17) is 0 Å². The van der Waals surface area contributed by atoms with Crippen molar-refractivity contribution < 1.29 is 18.4 Å². The van der Waals surface area contributed by atoms with Gasteiger partial charge in [-0.1, -0.05) is 6.07 Å². The van der Waals surface area contributed by atoms with Gasteiger partial charge < -0.3 is 15.5 Å². The Balaban J connectivity index is 2.14. The van der Waals surface area contributed by atoms with Crippen molar-refractivity contribution in [3.8, 4) is 0 Å². The molecule has 1 atom stereocenters. The predicted molar refractivity (Wildman–Crippen MR) is 81.6 cm³/mol. The third-order valence-corrected chi connectivity index (χ3v) is 3.79. The van der Waals surface area contributed by atoms with E-state index in [9.17, 15) is 18.4 Å². The van der Waals surface area contributed by atoms with Crippen molar-refractivity contribution in [1.82, 2.24) is 15.5 Å². The normalized spacial score (nSPS) is 16.6. The number of benzene rings is 1. The molecule has 0 spiro atoms. The first-order valence-corrected chi connectivity index (χ1v) is 7.68. The first-order chi connectivity index (χ1) is 11.0. The van der Waals surface area contributed by atoms with Crippen LogP contribution in [0.3, 0.4) is 0 Å². The summed E-state index contributed by atoms with van der Waals surface area (Å²) in [6.07, 6.45) is 0.795. The van der Waals surface area contributed by atoms with Crippen LogP contribution in [0.1, 0.15) is 31.4 Å². The zero-order chi connectivity index (χ0) is 16.8. The van der Waals surface area contributed by atoms with Crippen molar-refractivity contribution in [1.29, 1.82) is 0 Å². The number of halogens is 2. The van der Waals surface area contributed by atoms with Crippen LogP contribution >= 0.6 is 0 Å². The molecule has 1 heterocycles. The molecule has 0 radical (unpaired) electrons. The maximum Gasteiger partial charge on any atom is 0.225 e. The summed E-state index contributed by atoms with van der Waals surface area (Å²) >= 11 is 0. The Bertz CT molecular complexity index is 572. The Morgan fingerprint density at radius 2 is 2.09 bits per heavy atom. The Morgan fingerprint density at radius 1 is 1.30 bits per heavy atom. The third kappa shape index (κ3) is 4.99. The van der Waals surface area contributed by atoms with Crippen LogP contribution in [0, 0.1) is 11.6 Å². The van der Waals surface area contributed by atoms with Gasteiger partial charge in [-0.05, 0) is 19.0 Å². The van der Waals surface area contributed by atoms with Crippen molar-refractivity contribution in [2.24, 2.45) is 0 Å². The minimum absolute atomic E-state index is 0.0534. The average molecular weight is 325 g/mol. The predicted octanol–water partition coefficient (Wildman–Crippen LogP) is 1.35. The maximum atomic E-state index is 14.0. The van der Waals surface area contributed by atoms with Crippen LogP contribution in [0.25, 0.3) is 0 Å². The minimum Gasteiger partial charge on any atom is -0.349 e. The SMILES string of the molecule is CC(=O)NC(CC(=O)N1CCCNCC1)c1ccc(F)cc1F. The summed E-state index contributed by atoms with van der Waals surface area (Å²) in [5.41, 5.74) is 0.114. The highest BCUT2D eigenvalue weighted by atomic mass is 19.1. The molecular formula is C16H21F2N3O2. The molecule has 1 aliphatic heterocycles. The summed E-state index contributed by atoms with van der Waals surface area (Å²) in [7, 11) is 0. The highest BCUT2D eigenvalue weighted by molar-refractivity contribution is 5.79. The largest absolute Gasteiger partial charge is 0.349 e. The summed E-state index contributed by atoms with van der Waals surface area (Å²) in [5, 5.41) is 5.78. The van der Waals surface area contributed by atoms with Crippen LogP contribution in [0.15, 0.2) is 18.2 Å². The van der Waals surface area contributed by atoms with Gasteiger partial charge in [0.25, 0.3) is 0 Å². The smallest absolute Gasteiger partial charge is 0.225 e. The fraction of sp³-hybridized carbons (Fsp3) is 0.500. The fourth-order valence-electron chi connectivity index (χ4n) is 2.67. The van der Waals surface area contributed by atoms with E-state index >= 15 is 0 Å². The van der Waals surface area contributed by atoms with Crippen LogP contribution < -0.4 is 10.6 Å². The number of hydrogen-bond donors (Lipinski definition) is 2. The Hall–Kier alpha value is -2.02. The highest BCUT2D eigenvalue weighted by Gasteiger charge is 2.24. The van der Waals surface area contributed by atoms with E-state index in [-0.39, 0.29) is 23.8 Å². The van der Waals surface area contributed by atoms with Crippen molar-refractivity contribution in [3.05, 3.63) is 35.4 Å². The van der Waals surface area contributed by atoms with E-state index in [0.717, 1.165) is 25.1 Å². The van der Waals surface area contributed by atoms with Crippen molar-refractivity contribution >= 4 is 11.8 Å². The van der Waals surface area contributed by atoms with E-state index in [1.807, 2.05) is 0 Å². The second kappa shape index (κ2) is 8.01. The van der Waals surface area contributed by atoms with Crippen LogP contribution in [0.4, 0.5) is 8.78 Å². The van der Waals surface area contributed by atoms with E-state index in [2.05, 4.69) is 10.6 Å². The third-order valence-electron chi connectivity index (χ3n) is 3.79. The lowest BCUT2D eigenvalue weighted by atomic mass is 10.0. The molecule has 1 aromatic carbocycles. The van der Waals surface area contributed by atoms with Gasteiger partial charge in [-0.3, -0.25) is 9.59 Å². The molecule has 0 bridgehead atoms. The van der Waals surface area contributed by atoms with Gasteiger partial charge in [0.05, 0.1) is 12.5 Å². The molecule has 23 heavy (non-hydrogen) atoms. The lowest BCUT2D eigenvalue weighted by Gasteiger charge is -2.24. The van der Waals surface area contributed by atoms with Gasteiger partial charge in [-0.15, -0.1) is 0 Å². The second-order valence-corrected chi connectivity index (χ2v) is 5.61. The first-order valence-electron chi connectivity index (χ1n) is 7.68. The molecule has 1 aliphatic rings. The monoisotopic (exact) mass is 325 g/mol. The Labute approximate surface area is 134 Å². The summed E-state index contributed by atoms with van der Waals surface area (Å²) in [6.45, 7) is 4.07. The number of carbonyl (C=O) groups excluding carboxylic acids is 2. The number of rotatable bonds is 4. The molecule has 2 rings (SSSR count). The second-order valence-electron chi connectivity index (χ2n) is 5.61. The van der Waals surface area contributed by atoms with Gasteiger partial charge in [0.15, 0.2) is 0 Å². The van der Waals surface area contributed by atoms with Gasteiger partial charge in [0, 0.05) is 38.2 Å². The Kier molecular flexibility index (Phi) is 6.04. The number of nitrogens with one attached hydrogen (secondary N) is 2. The lowest BCUT2D eigenvalue weighted by molar-refractivity contribution is -0.131. The molecule has 126 valence electrons. The molecule has 1 fully saturated rings. The molecule has 0 aromatic heterocycles. The summed E-state index contributed by atoms with van der Waals surface area (Å²) < 4.78 is 27.0. The van der Waals surface area contributed by atoms with Crippen molar-refractivity contribution in [2.75, 3.05) is 26.2 Å². The van der Waals surface area contributed by atoms with Crippen LogP contribution in [-0.2, 0) is 9.59 Å². The van der Waals surface area contributed by atoms with Gasteiger partial charge in [0.1, 0.15) is 11.6 Å². The summed E-state index contributed by atoms with van der Waals surface area (Å²) in [4.78, 5) is 25.5. The lowest BCUT2D eigenvalue weighted by Crippen LogP contribution is -2.38. The molecule has 5 nitrogen and oxygen atoms in total. The molecule has 0 saturated carbocycles. The molecule has 2 N–H and O–H groups in total.